The summed E-state index contributed by atoms with van der Waals surface area (Å²) in [4.78, 5) is 30.2. The molecule has 7 nitrogen and oxygen atoms in total. The number of rotatable bonds is 12. The van der Waals surface area contributed by atoms with E-state index >= 15 is 0 Å². The van der Waals surface area contributed by atoms with E-state index in [1.807, 2.05) is 12.1 Å². The third kappa shape index (κ3) is 5.92. The van der Waals surface area contributed by atoms with Gasteiger partial charge in [0.1, 0.15) is 23.9 Å². The number of carbonyl (C=O) groups is 2. The van der Waals surface area contributed by atoms with Gasteiger partial charge >= 0.3 is 0 Å². The first-order valence-corrected chi connectivity index (χ1v) is 11.9. The average molecular weight is 479 g/mol. The zero-order chi connectivity index (χ0) is 25.4. The molecule has 1 aliphatic rings. The zero-order valence-corrected chi connectivity index (χ0v) is 20.7. The first-order valence-electron chi connectivity index (χ1n) is 11.9. The van der Waals surface area contributed by atoms with Gasteiger partial charge < -0.3 is 24.4 Å². The molecule has 1 unspecified atom stereocenters. The van der Waals surface area contributed by atoms with E-state index in [-0.39, 0.29) is 11.3 Å². The van der Waals surface area contributed by atoms with Crippen molar-refractivity contribution in [2.24, 2.45) is 0 Å². The summed E-state index contributed by atoms with van der Waals surface area (Å²) in [6, 6.07) is 13.3. The summed E-state index contributed by atoms with van der Waals surface area (Å²) in [6.45, 7) is 11.3. The predicted molar refractivity (Wildman–Crippen MR) is 137 cm³/mol. The summed E-state index contributed by atoms with van der Waals surface area (Å²) < 4.78 is 10.8. The van der Waals surface area contributed by atoms with Crippen LogP contribution in [0.4, 0.5) is 0 Å². The second-order valence-corrected chi connectivity index (χ2v) is 8.27. The molecule has 1 atom stereocenters. The van der Waals surface area contributed by atoms with Crippen LogP contribution in [0.15, 0.2) is 66.8 Å². The van der Waals surface area contributed by atoms with Crippen molar-refractivity contribution < 1.29 is 24.2 Å². The van der Waals surface area contributed by atoms with Crippen LogP contribution in [0.3, 0.4) is 0 Å². The fourth-order valence-electron chi connectivity index (χ4n) is 4.29. The minimum Gasteiger partial charge on any atom is -0.507 e. The van der Waals surface area contributed by atoms with Crippen molar-refractivity contribution in [3.8, 4) is 11.5 Å². The molecule has 0 bridgehead atoms. The van der Waals surface area contributed by atoms with Crippen LogP contribution < -0.4 is 9.47 Å². The Hall–Kier alpha value is -3.58. The maximum atomic E-state index is 13.2. The molecule has 0 aromatic heterocycles. The summed E-state index contributed by atoms with van der Waals surface area (Å²) in [6.07, 6.45) is 2.37. The number of hydrogen-bond acceptors (Lipinski definition) is 6. The van der Waals surface area contributed by atoms with Crippen molar-refractivity contribution in [2.45, 2.75) is 26.3 Å². The Morgan fingerprint density at radius 1 is 1.11 bits per heavy atom. The Bertz CT molecular complexity index is 1070. The number of aliphatic hydroxyl groups is 1. The highest BCUT2D eigenvalue weighted by Gasteiger charge is 2.45. The normalized spacial score (nSPS) is 17.1. The third-order valence-electron chi connectivity index (χ3n) is 6.21. The van der Waals surface area contributed by atoms with Gasteiger partial charge in [0.15, 0.2) is 0 Å². The van der Waals surface area contributed by atoms with Crippen molar-refractivity contribution in [3.05, 3.63) is 77.9 Å². The Balaban J connectivity index is 2.02. The number of hydrogen-bond donors (Lipinski definition) is 1. The van der Waals surface area contributed by atoms with Crippen LogP contribution in [0.2, 0.25) is 0 Å². The van der Waals surface area contributed by atoms with Crippen LogP contribution in [-0.4, -0.2) is 66.5 Å². The Labute approximate surface area is 207 Å². The summed E-state index contributed by atoms with van der Waals surface area (Å²) in [5.74, 6) is -0.315. The topological polar surface area (TPSA) is 79.3 Å². The zero-order valence-electron chi connectivity index (χ0n) is 20.7. The Morgan fingerprint density at radius 2 is 1.83 bits per heavy atom. The average Bonchev–Trinajstić information content (AvgIpc) is 3.14. The van der Waals surface area contributed by atoms with Crippen LogP contribution in [0.1, 0.15) is 37.4 Å². The van der Waals surface area contributed by atoms with E-state index in [1.54, 1.807) is 47.4 Å². The number of aliphatic hydroxyl groups excluding tert-OH is 1. The number of amides is 1. The molecule has 2 aromatic carbocycles. The van der Waals surface area contributed by atoms with Crippen molar-refractivity contribution in [1.29, 1.82) is 0 Å². The minimum atomic E-state index is -0.702. The molecule has 0 aliphatic carbocycles. The van der Waals surface area contributed by atoms with Gasteiger partial charge in [-0.25, -0.2) is 0 Å². The molecular formula is C28H34N2O5. The van der Waals surface area contributed by atoms with Crippen molar-refractivity contribution in [3.63, 3.8) is 0 Å². The van der Waals surface area contributed by atoms with Gasteiger partial charge in [0.25, 0.3) is 11.7 Å². The van der Waals surface area contributed by atoms with Crippen molar-refractivity contribution >= 4 is 17.4 Å². The number of ketones is 1. The highest BCUT2D eigenvalue weighted by molar-refractivity contribution is 6.46. The van der Waals surface area contributed by atoms with Gasteiger partial charge in [-0.1, -0.05) is 50.8 Å². The Morgan fingerprint density at radius 3 is 2.46 bits per heavy atom. The van der Waals surface area contributed by atoms with E-state index in [1.165, 1.54) is 7.11 Å². The number of methoxy groups -OCH3 is 1. The molecule has 3 rings (SSSR count). The molecule has 1 aliphatic heterocycles. The van der Waals surface area contributed by atoms with Crippen molar-refractivity contribution in [1.82, 2.24) is 9.80 Å². The van der Waals surface area contributed by atoms with E-state index in [0.717, 1.165) is 25.2 Å². The first-order chi connectivity index (χ1) is 16.9. The van der Waals surface area contributed by atoms with E-state index < -0.39 is 17.7 Å². The third-order valence-corrected chi connectivity index (χ3v) is 6.21. The first kappa shape index (κ1) is 26.0. The van der Waals surface area contributed by atoms with Gasteiger partial charge in [-0.2, -0.15) is 0 Å². The van der Waals surface area contributed by atoms with Gasteiger partial charge in [0.2, 0.25) is 0 Å². The maximum absolute atomic E-state index is 13.2. The lowest BCUT2D eigenvalue weighted by Crippen LogP contribution is -2.33. The van der Waals surface area contributed by atoms with Crippen LogP contribution in [0, 0.1) is 0 Å². The predicted octanol–water partition coefficient (Wildman–Crippen LogP) is 4.41. The minimum absolute atomic E-state index is 0.0749. The number of Topliss-reactive ketones (excluding diaryl/α,β-unsaturated/α-hetero) is 1. The maximum Gasteiger partial charge on any atom is 0.295 e. The number of carbonyl (C=O) groups excluding carboxylic acids is 2. The van der Waals surface area contributed by atoms with Gasteiger partial charge in [-0.05, 0) is 55.9 Å². The summed E-state index contributed by atoms with van der Waals surface area (Å²) in [7, 11) is 1.53. The van der Waals surface area contributed by atoms with E-state index in [9.17, 15) is 14.7 Å². The number of ether oxygens (including phenoxy) is 2. The summed E-state index contributed by atoms with van der Waals surface area (Å²) in [5, 5.41) is 11.2. The van der Waals surface area contributed by atoms with Gasteiger partial charge in [-0.3, -0.25) is 9.59 Å². The smallest absolute Gasteiger partial charge is 0.295 e. The molecule has 1 N–H and O–H groups in total. The number of nitrogens with zero attached hydrogens (tertiary/aromatic N) is 2. The highest BCUT2D eigenvalue weighted by Crippen LogP contribution is 2.40. The van der Waals surface area contributed by atoms with Gasteiger partial charge in [0, 0.05) is 12.1 Å². The van der Waals surface area contributed by atoms with Crippen LogP contribution in [-0.2, 0) is 9.59 Å². The molecule has 0 radical (unpaired) electrons. The molecule has 7 heteroatoms. The highest BCUT2D eigenvalue weighted by atomic mass is 16.5. The SMILES string of the molecule is C=CCOc1ccc(C2C(=C(O)c3cccc(OC)c3)C(=O)C(=O)N2CCCN(CC)CC)cc1. The largest absolute Gasteiger partial charge is 0.507 e. The molecular weight excluding hydrogens is 444 g/mol. The number of benzene rings is 2. The quantitative estimate of drug-likeness (QED) is 0.211. The fourth-order valence-corrected chi connectivity index (χ4v) is 4.29. The van der Waals surface area contributed by atoms with Gasteiger partial charge in [-0.15, -0.1) is 0 Å². The summed E-state index contributed by atoms with van der Waals surface area (Å²) in [5.41, 5.74) is 1.22. The molecule has 1 heterocycles. The van der Waals surface area contributed by atoms with Crippen LogP contribution in [0.5, 0.6) is 11.5 Å². The number of likely N-dealkylation sites (tertiary alicyclic amines) is 1. The molecule has 35 heavy (non-hydrogen) atoms. The van der Waals surface area contributed by atoms with E-state index in [0.29, 0.717) is 36.6 Å². The van der Waals surface area contributed by atoms with Crippen LogP contribution >= 0.6 is 0 Å². The molecule has 0 spiro atoms. The molecule has 1 saturated heterocycles. The van der Waals surface area contributed by atoms with Crippen LogP contribution in [0.25, 0.3) is 5.76 Å². The monoisotopic (exact) mass is 478 g/mol. The van der Waals surface area contributed by atoms with E-state index in [4.69, 9.17) is 9.47 Å². The molecule has 0 saturated carbocycles. The second kappa shape index (κ2) is 12.2. The van der Waals surface area contributed by atoms with E-state index in [2.05, 4.69) is 25.3 Å². The van der Waals surface area contributed by atoms with Crippen molar-refractivity contribution in [2.75, 3.05) is 39.9 Å². The lowest BCUT2D eigenvalue weighted by molar-refractivity contribution is -0.140. The lowest BCUT2D eigenvalue weighted by atomic mass is 9.95. The molecule has 1 fully saturated rings. The molecule has 2 aromatic rings. The summed E-state index contributed by atoms with van der Waals surface area (Å²) >= 11 is 0. The lowest BCUT2D eigenvalue weighted by Gasteiger charge is -2.27. The fraction of sp³-hybridized carbons (Fsp3) is 0.357. The van der Waals surface area contributed by atoms with Gasteiger partial charge in [0.05, 0.1) is 18.7 Å². The Kier molecular flexibility index (Phi) is 9.09. The molecule has 1 amide bonds. The second-order valence-electron chi connectivity index (χ2n) is 8.27. The molecule has 186 valence electrons. The standard InChI is InChI=1S/C28H34N2O5/c1-5-18-35-22-14-12-20(13-15-22)25-24(26(31)21-10-8-11-23(19-21)34-4)27(32)28(33)30(25)17-9-16-29(6-2)7-3/h5,8,10-15,19,25,31H,1,6-7,9,16-18H2,2-4H3.